The molecular formula is C46H31NO. The summed E-state index contributed by atoms with van der Waals surface area (Å²) < 4.78 is 6.40. The summed E-state index contributed by atoms with van der Waals surface area (Å²) in [6.07, 6.45) is 0. The number of hydrogen-bond acceptors (Lipinski definition) is 2. The van der Waals surface area contributed by atoms with Crippen molar-refractivity contribution in [2.24, 2.45) is 0 Å². The minimum Gasteiger partial charge on any atom is -0.456 e. The second-order valence-electron chi connectivity index (χ2n) is 12.2. The van der Waals surface area contributed by atoms with E-state index in [0.717, 1.165) is 39.4 Å². The van der Waals surface area contributed by atoms with Crippen molar-refractivity contribution in [1.82, 2.24) is 0 Å². The fraction of sp³-hybridized carbons (Fsp3) is 0. The van der Waals surface area contributed by atoms with E-state index in [4.69, 9.17) is 4.42 Å². The lowest BCUT2D eigenvalue weighted by molar-refractivity contribution is 0.631. The van der Waals surface area contributed by atoms with Gasteiger partial charge >= 0.3 is 0 Å². The molecule has 0 spiro atoms. The van der Waals surface area contributed by atoms with Gasteiger partial charge in [0.1, 0.15) is 11.3 Å². The van der Waals surface area contributed by atoms with Crippen molar-refractivity contribution in [3.63, 3.8) is 0 Å². The summed E-state index contributed by atoms with van der Waals surface area (Å²) in [5, 5.41) is 6.04. The van der Waals surface area contributed by atoms with Gasteiger partial charge in [-0.2, -0.15) is 0 Å². The SMILES string of the molecule is c1ccc(N(c2ccc(-c3ccc(-c4cccc5ccccc45)cc3)cc2)c2ccc3ccccc3c2)c(-c2cc3ccccc3o2)c1. The Kier molecular flexibility index (Phi) is 6.84. The van der Waals surface area contributed by atoms with Crippen molar-refractivity contribution < 1.29 is 4.42 Å². The van der Waals surface area contributed by atoms with Crippen molar-refractivity contribution in [3.05, 3.63) is 188 Å². The maximum atomic E-state index is 6.40. The molecule has 0 saturated heterocycles. The maximum absolute atomic E-state index is 6.40. The highest BCUT2D eigenvalue weighted by Gasteiger charge is 2.19. The third kappa shape index (κ3) is 5.01. The largest absolute Gasteiger partial charge is 0.456 e. The van der Waals surface area contributed by atoms with Crippen LogP contribution in [0.15, 0.2) is 192 Å². The normalized spacial score (nSPS) is 11.3. The lowest BCUT2D eigenvalue weighted by Gasteiger charge is -2.28. The van der Waals surface area contributed by atoms with Gasteiger partial charge in [-0.25, -0.2) is 0 Å². The first-order chi connectivity index (χ1) is 23.8. The van der Waals surface area contributed by atoms with Crippen molar-refractivity contribution in [2.75, 3.05) is 4.90 Å². The van der Waals surface area contributed by atoms with Crippen molar-refractivity contribution in [3.8, 4) is 33.6 Å². The minimum absolute atomic E-state index is 0.848. The average molecular weight is 614 g/mol. The lowest BCUT2D eigenvalue weighted by Crippen LogP contribution is -2.11. The molecule has 0 bridgehead atoms. The average Bonchev–Trinajstić information content (AvgIpc) is 3.60. The zero-order valence-corrected chi connectivity index (χ0v) is 26.3. The molecule has 9 aromatic rings. The standard InChI is InChI=1S/C46H31NO/c1-2-12-37-30-40(29-26-32(37)10-1)47(44-18-7-6-16-43(44)46-31-38-13-4-8-19-45(38)48-46)39-27-24-34(25-28-39)33-20-22-36(23-21-33)42-17-9-14-35-11-3-5-15-41(35)42/h1-31H. The highest BCUT2D eigenvalue weighted by molar-refractivity contribution is 5.97. The Labute approximate surface area is 279 Å². The fourth-order valence-corrected chi connectivity index (χ4v) is 6.86. The van der Waals surface area contributed by atoms with Crippen LogP contribution in [-0.4, -0.2) is 0 Å². The van der Waals surface area contributed by atoms with E-state index >= 15 is 0 Å². The number of hydrogen-bond donors (Lipinski definition) is 0. The predicted octanol–water partition coefficient (Wildman–Crippen LogP) is 13.2. The highest BCUT2D eigenvalue weighted by Crippen LogP contribution is 2.43. The van der Waals surface area contributed by atoms with Gasteiger partial charge in [-0.05, 0) is 92.3 Å². The van der Waals surface area contributed by atoms with Crippen LogP contribution in [0.4, 0.5) is 17.1 Å². The number of nitrogens with zero attached hydrogens (tertiary/aromatic N) is 1. The molecular weight excluding hydrogens is 583 g/mol. The number of benzene rings is 8. The number of para-hydroxylation sites is 2. The topological polar surface area (TPSA) is 16.4 Å². The Bertz CT molecular complexity index is 2520. The molecule has 1 heterocycles. The van der Waals surface area contributed by atoms with Crippen LogP contribution in [0.25, 0.3) is 66.1 Å². The number of rotatable bonds is 6. The minimum atomic E-state index is 0.848. The van der Waals surface area contributed by atoms with Crippen LogP contribution in [0.5, 0.6) is 0 Å². The molecule has 0 aliphatic rings. The molecule has 1 aromatic heterocycles. The summed E-state index contributed by atoms with van der Waals surface area (Å²) in [7, 11) is 0. The zero-order chi connectivity index (χ0) is 31.9. The van der Waals surface area contributed by atoms with Gasteiger partial charge in [0.2, 0.25) is 0 Å². The lowest BCUT2D eigenvalue weighted by atomic mass is 9.96. The van der Waals surface area contributed by atoms with E-state index in [9.17, 15) is 0 Å². The van der Waals surface area contributed by atoms with Gasteiger partial charge in [0.05, 0.1) is 5.69 Å². The number of fused-ring (bicyclic) bond motifs is 3. The van der Waals surface area contributed by atoms with E-state index in [1.165, 1.54) is 43.8 Å². The molecule has 2 nitrogen and oxygen atoms in total. The van der Waals surface area contributed by atoms with Crippen LogP contribution in [-0.2, 0) is 0 Å². The van der Waals surface area contributed by atoms with Crippen LogP contribution < -0.4 is 4.90 Å². The Morgan fingerprint density at radius 1 is 0.354 bits per heavy atom. The van der Waals surface area contributed by atoms with Gasteiger partial charge in [-0.3, -0.25) is 0 Å². The quantitative estimate of drug-likeness (QED) is 0.185. The van der Waals surface area contributed by atoms with Crippen LogP contribution in [0.2, 0.25) is 0 Å². The van der Waals surface area contributed by atoms with Gasteiger partial charge in [-0.1, -0.05) is 140 Å². The molecule has 8 aromatic carbocycles. The maximum Gasteiger partial charge on any atom is 0.137 e. The Morgan fingerprint density at radius 3 is 1.75 bits per heavy atom. The molecule has 0 amide bonds. The van der Waals surface area contributed by atoms with Crippen LogP contribution in [0, 0.1) is 0 Å². The third-order valence-electron chi connectivity index (χ3n) is 9.27. The molecule has 0 aliphatic carbocycles. The molecule has 0 atom stereocenters. The van der Waals surface area contributed by atoms with E-state index in [0.29, 0.717) is 0 Å². The summed E-state index contributed by atoms with van der Waals surface area (Å²) >= 11 is 0. The van der Waals surface area contributed by atoms with E-state index in [1.54, 1.807) is 0 Å². The fourth-order valence-electron chi connectivity index (χ4n) is 6.86. The molecule has 0 unspecified atom stereocenters. The van der Waals surface area contributed by atoms with Gasteiger partial charge in [0.15, 0.2) is 0 Å². The Morgan fingerprint density at radius 2 is 0.938 bits per heavy atom. The summed E-state index contributed by atoms with van der Waals surface area (Å²) in [6.45, 7) is 0. The van der Waals surface area contributed by atoms with Gasteiger partial charge in [0, 0.05) is 22.3 Å². The van der Waals surface area contributed by atoms with Gasteiger partial charge in [-0.15, -0.1) is 0 Å². The predicted molar refractivity (Wildman–Crippen MR) is 202 cm³/mol. The van der Waals surface area contributed by atoms with E-state index in [-0.39, 0.29) is 0 Å². The van der Waals surface area contributed by atoms with E-state index < -0.39 is 0 Å². The molecule has 0 saturated carbocycles. The van der Waals surface area contributed by atoms with Crippen LogP contribution in [0.3, 0.4) is 0 Å². The first-order valence-electron chi connectivity index (χ1n) is 16.3. The molecule has 2 heteroatoms. The molecule has 48 heavy (non-hydrogen) atoms. The monoisotopic (exact) mass is 613 g/mol. The molecule has 9 rings (SSSR count). The zero-order valence-electron chi connectivity index (χ0n) is 26.3. The second kappa shape index (κ2) is 11.8. The Balaban J connectivity index is 1.12. The van der Waals surface area contributed by atoms with Crippen LogP contribution in [0.1, 0.15) is 0 Å². The summed E-state index contributed by atoms with van der Waals surface area (Å²) in [6, 6.07) is 66.9. The van der Waals surface area contributed by atoms with Crippen molar-refractivity contribution in [1.29, 1.82) is 0 Å². The number of furan rings is 1. The second-order valence-corrected chi connectivity index (χ2v) is 12.2. The number of anilines is 3. The Hall–Kier alpha value is -6.38. The molecule has 226 valence electrons. The van der Waals surface area contributed by atoms with Gasteiger partial charge < -0.3 is 9.32 Å². The smallest absolute Gasteiger partial charge is 0.137 e. The van der Waals surface area contributed by atoms with Gasteiger partial charge in [0.25, 0.3) is 0 Å². The van der Waals surface area contributed by atoms with E-state index in [1.807, 2.05) is 18.2 Å². The summed E-state index contributed by atoms with van der Waals surface area (Å²) in [5.41, 5.74) is 9.97. The van der Waals surface area contributed by atoms with E-state index in [2.05, 4.69) is 175 Å². The molecule has 0 fully saturated rings. The summed E-state index contributed by atoms with van der Waals surface area (Å²) in [4.78, 5) is 2.34. The van der Waals surface area contributed by atoms with Crippen molar-refractivity contribution in [2.45, 2.75) is 0 Å². The third-order valence-corrected chi connectivity index (χ3v) is 9.27. The van der Waals surface area contributed by atoms with Crippen LogP contribution >= 0.6 is 0 Å². The van der Waals surface area contributed by atoms with Crippen molar-refractivity contribution >= 4 is 49.6 Å². The highest BCUT2D eigenvalue weighted by atomic mass is 16.3. The first kappa shape index (κ1) is 27.9. The molecule has 0 aliphatic heterocycles. The molecule has 0 radical (unpaired) electrons. The first-order valence-corrected chi connectivity index (χ1v) is 16.3. The summed E-state index contributed by atoms with van der Waals surface area (Å²) in [5.74, 6) is 0.848. The molecule has 0 N–H and O–H groups in total.